The first-order chi connectivity index (χ1) is 5.73. The van der Waals surface area contributed by atoms with Crippen molar-refractivity contribution in [1.82, 2.24) is 0 Å². The van der Waals surface area contributed by atoms with Crippen LogP contribution in [-0.4, -0.2) is 11.5 Å². The lowest BCUT2D eigenvalue weighted by Gasteiger charge is -2.35. The van der Waals surface area contributed by atoms with Crippen molar-refractivity contribution < 1.29 is 0 Å². The van der Waals surface area contributed by atoms with Gasteiger partial charge in [-0.2, -0.15) is 11.8 Å². The van der Waals surface area contributed by atoms with Crippen LogP contribution >= 0.6 is 11.8 Å². The summed E-state index contributed by atoms with van der Waals surface area (Å²) in [5.74, 6) is 0. The lowest BCUT2D eigenvalue weighted by Crippen LogP contribution is -2.28. The smallest absolute Gasteiger partial charge is 0.00978 e. The van der Waals surface area contributed by atoms with Gasteiger partial charge >= 0.3 is 0 Å². The molecular formula is C12H26S. The van der Waals surface area contributed by atoms with Crippen LogP contribution in [0.5, 0.6) is 0 Å². The van der Waals surface area contributed by atoms with Gasteiger partial charge in [-0.3, -0.25) is 0 Å². The van der Waals surface area contributed by atoms with Crippen LogP contribution in [0.3, 0.4) is 0 Å². The van der Waals surface area contributed by atoms with Crippen LogP contribution in [0.4, 0.5) is 0 Å². The van der Waals surface area contributed by atoms with Gasteiger partial charge in [0.25, 0.3) is 0 Å². The summed E-state index contributed by atoms with van der Waals surface area (Å²) in [6.07, 6.45) is 4.84. The van der Waals surface area contributed by atoms with E-state index in [4.69, 9.17) is 0 Å². The summed E-state index contributed by atoms with van der Waals surface area (Å²) in [7, 11) is 0. The van der Waals surface area contributed by atoms with Gasteiger partial charge in [0.05, 0.1) is 0 Å². The third-order valence-electron chi connectivity index (χ3n) is 2.95. The highest BCUT2D eigenvalue weighted by molar-refractivity contribution is 7.99. The van der Waals surface area contributed by atoms with Gasteiger partial charge in [-0.05, 0) is 23.5 Å². The SMILES string of the molecule is CCC(C)(C)CC(SC)C(C)(C)C. The predicted octanol–water partition coefficient (Wildman–Crippen LogP) is 4.59. The number of hydrogen-bond donors (Lipinski definition) is 0. The minimum absolute atomic E-state index is 0.436. The van der Waals surface area contributed by atoms with E-state index in [1.165, 1.54) is 12.8 Å². The molecule has 1 unspecified atom stereocenters. The first-order valence-electron chi connectivity index (χ1n) is 5.26. The molecule has 0 aromatic rings. The Morgan fingerprint density at radius 1 is 1.08 bits per heavy atom. The van der Waals surface area contributed by atoms with Crippen LogP contribution in [0, 0.1) is 10.8 Å². The second-order valence-corrected chi connectivity index (χ2v) is 6.85. The average molecular weight is 202 g/mol. The average Bonchev–Trinajstić information content (AvgIpc) is 1.98. The summed E-state index contributed by atoms with van der Waals surface area (Å²) < 4.78 is 0. The maximum Gasteiger partial charge on any atom is 0.00978 e. The molecule has 0 aliphatic heterocycles. The summed E-state index contributed by atoms with van der Waals surface area (Å²) in [6.45, 7) is 14.1. The molecule has 1 heteroatoms. The third kappa shape index (κ3) is 4.95. The number of hydrogen-bond acceptors (Lipinski definition) is 1. The quantitative estimate of drug-likeness (QED) is 0.642. The van der Waals surface area contributed by atoms with E-state index in [0.717, 1.165) is 5.25 Å². The lowest BCUT2D eigenvalue weighted by atomic mass is 9.78. The van der Waals surface area contributed by atoms with E-state index in [0.29, 0.717) is 10.8 Å². The molecule has 0 aromatic carbocycles. The molecule has 0 fully saturated rings. The van der Waals surface area contributed by atoms with E-state index in [9.17, 15) is 0 Å². The van der Waals surface area contributed by atoms with E-state index in [1.54, 1.807) is 0 Å². The Kier molecular flexibility index (Phi) is 4.85. The summed E-state index contributed by atoms with van der Waals surface area (Å²) in [6, 6.07) is 0. The number of rotatable bonds is 4. The molecule has 0 radical (unpaired) electrons. The van der Waals surface area contributed by atoms with Crippen LogP contribution < -0.4 is 0 Å². The molecule has 1 atom stereocenters. The van der Waals surface area contributed by atoms with Crippen molar-refractivity contribution in [3.63, 3.8) is 0 Å². The van der Waals surface area contributed by atoms with E-state index >= 15 is 0 Å². The zero-order valence-corrected chi connectivity index (χ0v) is 11.2. The molecule has 0 bridgehead atoms. The van der Waals surface area contributed by atoms with E-state index < -0.39 is 0 Å². The highest BCUT2D eigenvalue weighted by atomic mass is 32.2. The van der Waals surface area contributed by atoms with Gasteiger partial charge < -0.3 is 0 Å². The van der Waals surface area contributed by atoms with Crippen LogP contribution in [0.15, 0.2) is 0 Å². The van der Waals surface area contributed by atoms with Gasteiger partial charge in [0, 0.05) is 5.25 Å². The second-order valence-electron chi connectivity index (χ2n) is 5.81. The van der Waals surface area contributed by atoms with E-state index in [2.05, 4.69) is 47.8 Å². The Hall–Kier alpha value is 0.350. The molecule has 0 aromatic heterocycles. The Morgan fingerprint density at radius 3 is 1.77 bits per heavy atom. The third-order valence-corrected chi connectivity index (χ3v) is 4.39. The van der Waals surface area contributed by atoms with Crippen LogP contribution in [0.1, 0.15) is 54.4 Å². The zero-order chi connectivity index (χ0) is 10.7. The molecule has 0 saturated heterocycles. The summed E-state index contributed by atoms with van der Waals surface area (Å²) >= 11 is 2.02. The van der Waals surface area contributed by atoms with Crippen LogP contribution in [0.25, 0.3) is 0 Å². The fourth-order valence-corrected chi connectivity index (χ4v) is 2.71. The molecule has 0 N–H and O–H groups in total. The molecular weight excluding hydrogens is 176 g/mol. The van der Waals surface area contributed by atoms with Crippen molar-refractivity contribution in [3.05, 3.63) is 0 Å². The van der Waals surface area contributed by atoms with Crippen LogP contribution in [0.2, 0.25) is 0 Å². The van der Waals surface area contributed by atoms with Gasteiger partial charge in [-0.1, -0.05) is 48.0 Å². The first-order valence-corrected chi connectivity index (χ1v) is 6.54. The van der Waals surface area contributed by atoms with Gasteiger partial charge in [-0.15, -0.1) is 0 Å². The predicted molar refractivity (Wildman–Crippen MR) is 65.4 cm³/mol. The zero-order valence-electron chi connectivity index (χ0n) is 10.4. The molecule has 0 aliphatic rings. The Morgan fingerprint density at radius 2 is 1.54 bits per heavy atom. The van der Waals surface area contributed by atoms with Gasteiger partial charge in [-0.25, -0.2) is 0 Å². The molecule has 0 saturated carbocycles. The van der Waals surface area contributed by atoms with Crippen molar-refractivity contribution in [2.75, 3.05) is 6.26 Å². The van der Waals surface area contributed by atoms with E-state index in [-0.39, 0.29) is 0 Å². The molecule has 0 amide bonds. The Bertz CT molecular complexity index is 142. The van der Waals surface area contributed by atoms with E-state index in [1.807, 2.05) is 11.8 Å². The van der Waals surface area contributed by atoms with Crippen molar-refractivity contribution in [1.29, 1.82) is 0 Å². The highest BCUT2D eigenvalue weighted by Crippen LogP contribution is 2.39. The molecule has 13 heavy (non-hydrogen) atoms. The molecule has 0 nitrogen and oxygen atoms in total. The topological polar surface area (TPSA) is 0 Å². The minimum Gasteiger partial charge on any atom is -0.161 e. The number of thioether (sulfide) groups is 1. The van der Waals surface area contributed by atoms with Crippen molar-refractivity contribution in [3.8, 4) is 0 Å². The first kappa shape index (κ1) is 13.4. The molecule has 0 rings (SSSR count). The molecule has 80 valence electrons. The summed E-state index contributed by atoms with van der Waals surface area (Å²) in [4.78, 5) is 0. The van der Waals surface area contributed by atoms with Crippen molar-refractivity contribution in [2.45, 2.75) is 59.6 Å². The largest absolute Gasteiger partial charge is 0.161 e. The van der Waals surface area contributed by atoms with Gasteiger partial charge in [0.2, 0.25) is 0 Å². The van der Waals surface area contributed by atoms with Gasteiger partial charge in [0.1, 0.15) is 0 Å². The van der Waals surface area contributed by atoms with Crippen LogP contribution in [-0.2, 0) is 0 Å². The minimum atomic E-state index is 0.436. The van der Waals surface area contributed by atoms with Gasteiger partial charge in [0.15, 0.2) is 0 Å². The fraction of sp³-hybridized carbons (Fsp3) is 1.00. The van der Waals surface area contributed by atoms with Crippen molar-refractivity contribution in [2.24, 2.45) is 10.8 Å². The fourth-order valence-electron chi connectivity index (χ4n) is 1.39. The second kappa shape index (κ2) is 4.72. The standard InChI is InChI=1S/C12H26S/c1-8-12(5,6)9-10(13-7)11(2,3)4/h10H,8-9H2,1-7H3. The Balaban J connectivity index is 4.30. The molecule has 0 aliphatic carbocycles. The van der Waals surface area contributed by atoms with Crippen molar-refractivity contribution >= 4 is 11.8 Å². The maximum absolute atomic E-state index is 2.38. The maximum atomic E-state index is 2.38. The molecule has 0 heterocycles. The normalized spacial score (nSPS) is 15.9. The molecule has 0 spiro atoms. The lowest BCUT2D eigenvalue weighted by molar-refractivity contribution is 0.258. The highest BCUT2D eigenvalue weighted by Gasteiger charge is 2.29. The Labute approximate surface area is 88.9 Å². The summed E-state index contributed by atoms with van der Waals surface area (Å²) in [5.41, 5.74) is 0.937. The summed E-state index contributed by atoms with van der Waals surface area (Å²) in [5, 5.41) is 0.780. The monoisotopic (exact) mass is 202 g/mol.